The van der Waals surface area contributed by atoms with Crippen LogP contribution in [0.2, 0.25) is 0 Å². The molecule has 19 nitrogen and oxygen atoms in total. The molecular formula is C22H38O19. The maximum Gasteiger partial charge on any atom is 0.189 e. The summed E-state index contributed by atoms with van der Waals surface area (Å²) in [6, 6.07) is 0. The summed E-state index contributed by atoms with van der Waals surface area (Å²) in [5.74, 6) is 0. The highest BCUT2D eigenvalue weighted by Crippen LogP contribution is 2.29. The van der Waals surface area contributed by atoms with E-state index in [0.717, 1.165) is 0 Å². The zero-order valence-electron chi connectivity index (χ0n) is 21.4. The van der Waals surface area contributed by atoms with Gasteiger partial charge in [0.25, 0.3) is 0 Å². The summed E-state index contributed by atoms with van der Waals surface area (Å²) in [5.41, 5.74) is 0. The van der Waals surface area contributed by atoms with Gasteiger partial charge in [0.05, 0.1) is 26.4 Å². The smallest absolute Gasteiger partial charge is 0.189 e. The van der Waals surface area contributed by atoms with E-state index in [0.29, 0.717) is 0 Å². The van der Waals surface area contributed by atoms with Gasteiger partial charge in [-0.2, -0.15) is 0 Å². The molecule has 0 saturated carbocycles. The molecule has 240 valence electrons. The Kier molecular flexibility index (Phi) is 11.2. The van der Waals surface area contributed by atoms with Crippen molar-refractivity contribution in [1.29, 1.82) is 0 Å². The molecule has 0 aliphatic carbocycles. The van der Waals surface area contributed by atoms with Crippen LogP contribution in [0.15, 0.2) is 0 Å². The summed E-state index contributed by atoms with van der Waals surface area (Å²) in [6.45, 7) is -1.89. The number of ether oxygens (including phenoxy) is 7. The fraction of sp³-hybridized carbons (Fsp3) is 1.00. The summed E-state index contributed by atoms with van der Waals surface area (Å²) in [7, 11) is 0. The van der Waals surface area contributed by atoms with Gasteiger partial charge in [-0.25, -0.2) is 0 Å². The first-order valence-electron chi connectivity index (χ1n) is 12.9. The number of hydrogen-bond acceptors (Lipinski definition) is 19. The van der Waals surface area contributed by atoms with Crippen molar-refractivity contribution >= 4 is 0 Å². The molecule has 4 fully saturated rings. The molecule has 12 N–H and O–H groups in total. The first-order chi connectivity index (χ1) is 19.3. The maximum absolute atomic E-state index is 10.4. The van der Waals surface area contributed by atoms with Gasteiger partial charge in [0.2, 0.25) is 0 Å². The SMILES string of the molecule is O[C@@H]1[C@@H](O)[C@@H](O[C@H]2O[C@H](CO[C@@H]3OC[C@@H](O)[C@H](O)[C@H]3O)[C@@H](O)[C@H](O)[C@H]2O)O[C@H](CO[C@@H]2OC[C@@H](O)[C@H](O)[C@H]2O)[C@H]1O. The first-order valence-corrected chi connectivity index (χ1v) is 12.9. The molecule has 0 bridgehead atoms. The Labute approximate surface area is 232 Å². The van der Waals surface area contributed by atoms with E-state index >= 15 is 0 Å². The predicted octanol–water partition coefficient (Wildman–Crippen LogP) is -8.47. The van der Waals surface area contributed by atoms with Crippen LogP contribution in [-0.4, -0.2) is 198 Å². The molecule has 0 aromatic heterocycles. The molecule has 41 heavy (non-hydrogen) atoms. The lowest BCUT2D eigenvalue weighted by molar-refractivity contribution is -0.383. The van der Waals surface area contributed by atoms with Crippen LogP contribution < -0.4 is 0 Å². The fourth-order valence-corrected chi connectivity index (χ4v) is 4.70. The largest absolute Gasteiger partial charge is 0.388 e. The quantitative estimate of drug-likeness (QED) is 0.122. The van der Waals surface area contributed by atoms with Crippen molar-refractivity contribution < 1.29 is 94.4 Å². The highest BCUT2D eigenvalue weighted by atomic mass is 16.8. The monoisotopic (exact) mass is 606 g/mol. The second kappa shape index (κ2) is 13.9. The van der Waals surface area contributed by atoms with Crippen LogP contribution in [0, 0.1) is 0 Å². The van der Waals surface area contributed by atoms with E-state index in [2.05, 4.69) is 0 Å². The minimum Gasteiger partial charge on any atom is -0.388 e. The van der Waals surface area contributed by atoms with Crippen LogP contribution in [0.1, 0.15) is 0 Å². The minimum atomic E-state index is -1.91. The van der Waals surface area contributed by atoms with E-state index in [-0.39, 0.29) is 13.2 Å². The third kappa shape index (κ3) is 7.15. The van der Waals surface area contributed by atoms with Gasteiger partial charge < -0.3 is 94.4 Å². The summed E-state index contributed by atoms with van der Waals surface area (Å²) < 4.78 is 37.2. The van der Waals surface area contributed by atoms with Gasteiger partial charge in [0.1, 0.15) is 85.5 Å². The Morgan fingerprint density at radius 3 is 1.12 bits per heavy atom. The summed E-state index contributed by atoms with van der Waals surface area (Å²) in [5, 5.41) is 121. The number of aliphatic hydroxyl groups excluding tert-OH is 12. The summed E-state index contributed by atoms with van der Waals surface area (Å²) >= 11 is 0. The van der Waals surface area contributed by atoms with E-state index in [4.69, 9.17) is 33.2 Å². The lowest BCUT2D eigenvalue weighted by Gasteiger charge is -2.45. The van der Waals surface area contributed by atoms with Crippen molar-refractivity contribution in [3.8, 4) is 0 Å². The average Bonchev–Trinajstić information content (AvgIpc) is 2.95. The third-order valence-corrected chi connectivity index (χ3v) is 7.36. The highest BCUT2D eigenvalue weighted by molar-refractivity contribution is 4.93. The number of hydrogen-bond donors (Lipinski definition) is 12. The fourth-order valence-electron chi connectivity index (χ4n) is 4.70. The van der Waals surface area contributed by atoms with Crippen LogP contribution in [0.3, 0.4) is 0 Å². The lowest BCUT2D eigenvalue weighted by Crippen LogP contribution is -2.64. The van der Waals surface area contributed by atoms with E-state index in [1.807, 2.05) is 0 Å². The Hall–Kier alpha value is -0.760. The molecule has 0 unspecified atom stereocenters. The Morgan fingerprint density at radius 1 is 0.415 bits per heavy atom. The van der Waals surface area contributed by atoms with E-state index in [1.165, 1.54) is 0 Å². The normalized spacial score (nSPS) is 53.3. The molecule has 0 spiro atoms. The van der Waals surface area contributed by atoms with Gasteiger partial charge in [0, 0.05) is 0 Å². The van der Waals surface area contributed by atoms with Crippen molar-refractivity contribution in [2.75, 3.05) is 26.4 Å². The number of rotatable bonds is 8. The third-order valence-electron chi connectivity index (χ3n) is 7.36. The van der Waals surface area contributed by atoms with Crippen molar-refractivity contribution in [1.82, 2.24) is 0 Å². The molecular weight excluding hydrogens is 568 g/mol. The van der Waals surface area contributed by atoms with Crippen molar-refractivity contribution in [3.63, 3.8) is 0 Å². The molecule has 0 radical (unpaired) electrons. The molecule has 0 aromatic carbocycles. The van der Waals surface area contributed by atoms with E-state index < -0.39 is 124 Å². The van der Waals surface area contributed by atoms with Crippen molar-refractivity contribution in [2.24, 2.45) is 0 Å². The van der Waals surface area contributed by atoms with Crippen LogP contribution in [0.25, 0.3) is 0 Å². The van der Waals surface area contributed by atoms with Crippen LogP contribution in [0.5, 0.6) is 0 Å². The van der Waals surface area contributed by atoms with Gasteiger partial charge in [-0.05, 0) is 0 Å². The molecule has 0 amide bonds. The number of aliphatic hydroxyl groups is 12. The zero-order chi connectivity index (χ0) is 30.2. The molecule has 4 rings (SSSR count). The Balaban J connectivity index is 1.36. The summed E-state index contributed by atoms with van der Waals surface area (Å²) in [6.07, 6.45) is -29.6. The van der Waals surface area contributed by atoms with Gasteiger partial charge in [-0.1, -0.05) is 0 Å². The van der Waals surface area contributed by atoms with E-state index in [9.17, 15) is 61.3 Å². The molecule has 0 aromatic rings. The van der Waals surface area contributed by atoms with Gasteiger partial charge in [0.15, 0.2) is 25.2 Å². The first kappa shape index (κ1) is 33.1. The van der Waals surface area contributed by atoms with Crippen LogP contribution >= 0.6 is 0 Å². The molecule has 4 saturated heterocycles. The van der Waals surface area contributed by atoms with Crippen LogP contribution in [-0.2, 0) is 33.2 Å². The van der Waals surface area contributed by atoms with Crippen molar-refractivity contribution in [3.05, 3.63) is 0 Å². The molecule has 4 aliphatic heterocycles. The topological polar surface area (TPSA) is 307 Å². The average molecular weight is 607 g/mol. The molecule has 19 heteroatoms. The summed E-state index contributed by atoms with van der Waals surface area (Å²) in [4.78, 5) is 0. The molecule has 18 atom stereocenters. The second-order valence-corrected chi connectivity index (χ2v) is 10.3. The highest BCUT2D eigenvalue weighted by Gasteiger charge is 2.51. The Bertz CT molecular complexity index is 760. The van der Waals surface area contributed by atoms with Gasteiger partial charge in [-0.15, -0.1) is 0 Å². The molecule has 4 heterocycles. The van der Waals surface area contributed by atoms with E-state index in [1.54, 1.807) is 0 Å². The van der Waals surface area contributed by atoms with Gasteiger partial charge in [-0.3, -0.25) is 0 Å². The van der Waals surface area contributed by atoms with Crippen molar-refractivity contribution in [2.45, 2.75) is 111 Å². The van der Waals surface area contributed by atoms with Crippen LogP contribution in [0.4, 0.5) is 0 Å². The Morgan fingerprint density at radius 2 is 0.756 bits per heavy atom. The second-order valence-electron chi connectivity index (χ2n) is 10.3. The zero-order valence-corrected chi connectivity index (χ0v) is 21.4. The standard InChI is InChI=1S/C22H38O19/c23-5-1-35-19(15(31)9(5)25)37-3-7-11(27)13(29)17(33)21(39-7)41-22-18(34)14(30)12(28)8(40-22)4-38-20-16(32)10(26)6(24)2-36-20/h5-34H,1-4H2/t5-,6-,7-,8-,9+,10+,11-,12-,13+,14+,15-,16-,17-,18-,19+,20+,21-,22-/m1/s1. The predicted molar refractivity (Wildman–Crippen MR) is 122 cm³/mol. The lowest BCUT2D eigenvalue weighted by atomic mass is 9.98. The minimum absolute atomic E-state index is 0.367. The molecule has 4 aliphatic rings. The van der Waals surface area contributed by atoms with Gasteiger partial charge >= 0.3 is 0 Å². The maximum atomic E-state index is 10.4.